The molecular formula is C33H37F3O3. The van der Waals surface area contributed by atoms with Gasteiger partial charge in [-0.2, -0.15) is 0 Å². The largest absolute Gasteiger partial charge is 0.494 e. The minimum Gasteiger partial charge on any atom is -0.494 e. The van der Waals surface area contributed by atoms with Gasteiger partial charge in [-0.3, -0.25) is 0 Å². The van der Waals surface area contributed by atoms with Crippen LogP contribution in [0.2, 0.25) is 0 Å². The van der Waals surface area contributed by atoms with Crippen LogP contribution in [0.3, 0.4) is 0 Å². The highest BCUT2D eigenvalue weighted by molar-refractivity contribution is 5.65. The lowest BCUT2D eigenvalue weighted by molar-refractivity contribution is 0.0117. The van der Waals surface area contributed by atoms with Crippen molar-refractivity contribution in [2.24, 2.45) is 0 Å². The fourth-order valence-corrected chi connectivity index (χ4v) is 4.93. The standard InChI is InChI=1S/C33H37F3O3/c1-3-5-19-37-26-12-9-24(10-13-26)30-17-11-25(32(35)33(30)36)22-39-27-14-7-23(8-15-27)29-18-16-28(21-31(29)34)38-20-6-4-2/h4,9-13,16-18,21,23,27H,2-3,5-8,14-15,19-20,22H2,1H3. The summed E-state index contributed by atoms with van der Waals surface area (Å²) in [4.78, 5) is 0. The SMILES string of the molecule is C=CCCOc1ccc(C2CCC(OCc3ccc(-c4ccc(OCCCC)cc4)c(F)c3F)CC2)c(F)c1. The first-order valence-corrected chi connectivity index (χ1v) is 13.8. The second-order valence-corrected chi connectivity index (χ2v) is 10.0. The molecule has 0 radical (unpaired) electrons. The summed E-state index contributed by atoms with van der Waals surface area (Å²) < 4.78 is 61.7. The molecule has 0 saturated heterocycles. The summed E-state index contributed by atoms with van der Waals surface area (Å²) in [5.74, 6) is -0.700. The van der Waals surface area contributed by atoms with E-state index in [1.165, 1.54) is 6.07 Å². The highest BCUT2D eigenvalue weighted by atomic mass is 19.2. The van der Waals surface area contributed by atoms with Crippen molar-refractivity contribution in [2.75, 3.05) is 13.2 Å². The molecule has 0 aromatic heterocycles. The first kappa shape index (κ1) is 28.8. The summed E-state index contributed by atoms with van der Waals surface area (Å²) in [5, 5.41) is 0. The molecule has 1 fully saturated rings. The van der Waals surface area contributed by atoms with Crippen molar-refractivity contribution >= 4 is 0 Å². The van der Waals surface area contributed by atoms with E-state index < -0.39 is 11.6 Å². The van der Waals surface area contributed by atoms with Crippen LogP contribution in [0, 0.1) is 17.5 Å². The van der Waals surface area contributed by atoms with E-state index in [1.54, 1.807) is 54.6 Å². The Hall–Kier alpha value is -3.25. The number of hydrogen-bond acceptors (Lipinski definition) is 3. The van der Waals surface area contributed by atoms with Crippen LogP contribution in [0.25, 0.3) is 11.1 Å². The van der Waals surface area contributed by atoms with Crippen LogP contribution >= 0.6 is 0 Å². The van der Waals surface area contributed by atoms with Crippen LogP contribution in [0.5, 0.6) is 11.5 Å². The van der Waals surface area contributed by atoms with Crippen LogP contribution in [0.1, 0.15) is 68.9 Å². The minimum absolute atomic E-state index is 0.00627. The number of unbranched alkanes of at least 4 members (excludes halogenated alkanes) is 1. The van der Waals surface area contributed by atoms with Crippen LogP contribution in [-0.2, 0) is 11.3 Å². The van der Waals surface area contributed by atoms with E-state index in [-0.39, 0.29) is 35.6 Å². The number of halogens is 3. The molecule has 3 aromatic rings. The zero-order valence-electron chi connectivity index (χ0n) is 22.6. The third kappa shape index (κ3) is 7.66. The van der Waals surface area contributed by atoms with E-state index in [4.69, 9.17) is 14.2 Å². The van der Waals surface area contributed by atoms with Gasteiger partial charge in [0.05, 0.1) is 25.9 Å². The Kier molecular flexibility index (Phi) is 10.5. The van der Waals surface area contributed by atoms with Crippen LogP contribution < -0.4 is 9.47 Å². The molecule has 0 spiro atoms. The summed E-state index contributed by atoms with van der Waals surface area (Å²) in [6.45, 7) is 6.84. The van der Waals surface area contributed by atoms with Gasteiger partial charge in [0.1, 0.15) is 17.3 Å². The second-order valence-electron chi connectivity index (χ2n) is 10.0. The van der Waals surface area contributed by atoms with Gasteiger partial charge in [0.15, 0.2) is 11.6 Å². The number of benzene rings is 3. The molecule has 0 N–H and O–H groups in total. The summed E-state index contributed by atoms with van der Waals surface area (Å²) >= 11 is 0. The zero-order chi connectivity index (χ0) is 27.6. The topological polar surface area (TPSA) is 27.7 Å². The van der Waals surface area contributed by atoms with Crippen LogP contribution in [-0.4, -0.2) is 19.3 Å². The Bertz CT molecular complexity index is 1220. The third-order valence-electron chi connectivity index (χ3n) is 7.25. The maximum absolute atomic E-state index is 14.9. The summed E-state index contributed by atoms with van der Waals surface area (Å²) in [6.07, 6.45) is 7.40. The quantitative estimate of drug-likeness (QED) is 0.160. The molecule has 1 saturated carbocycles. The van der Waals surface area contributed by atoms with Crippen LogP contribution in [0.4, 0.5) is 13.2 Å². The van der Waals surface area contributed by atoms with Gasteiger partial charge in [-0.1, -0.05) is 49.8 Å². The fraction of sp³-hybridized carbons (Fsp3) is 0.394. The van der Waals surface area contributed by atoms with E-state index in [1.807, 2.05) is 0 Å². The molecule has 4 rings (SSSR count). The molecule has 3 nitrogen and oxygen atoms in total. The van der Waals surface area contributed by atoms with Crippen molar-refractivity contribution in [1.29, 1.82) is 0 Å². The van der Waals surface area contributed by atoms with Crippen molar-refractivity contribution in [2.45, 2.75) is 70.5 Å². The molecule has 3 aromatic carbocycles. The Morgan fingerprint density at radius 1 is 0.846 bits per heavy atom. The van der Waals surface area contributed by atoms with Crippen molar-refractivity contribution in [3.8, 4) is 22.6 Å². The van der Waals surface area contributed by atoms with Gasteiger partial charge in [-0.25, -0.2) is 13.2 Å². The lowest BCUT2D eigenvalue weighted by atomic mass is 9.82. The van der Waals surface area contributed by atoms with E-state index in [0.717, 1.165) is 38.5 Å². The molecule has 0 bridgehead atoms. The number of hydrogen-bond donors (Lipinski definition) is 0. The first-order valence-electron chi connectivity index (χ1n) is 13.8. The van der Waals surface area contributed by atoms with E-state index >= 15 is 0 Å². The van der Waals surface area contributed by atoms with Crippen molar-refractivity contribution in [3.63, 3.8) is 0 Å². The summed E-state index contributed by atoms with van der Waals surface area (Å²) in [7, 11) is 0. The highest BCUT2D eigenvalue weighted by Gasteiger charge is 2.26. The zero-order valence-corrected chi connectivity index (χ0v) is 22.6. The van der Waals surface area contributed by atoms with E-state index in [2.05, 4.69) is 13.5 Å². The summed E-state index contributed by atoms with van der Waals surface area (Å²) in [5.41, 5.74) is 1.67. The van der Waals surface area contributed by atoms with Crippen molar-refractivity contribution < 1.29 is 27.4 Å². The van der Waals surface area contributed by atoms with Gasteiger partial charge in [0.2, 0.25) is 0 Å². The van der Waals surface area contributed by atoms with E-state index in [9.17, 15) is 13.2 Å². The highest BCUT2D eigenvalue weighted by Crippen LogP contribution is 2.37. The van der Waals surface area contributed by atoms with Crippen molar-refractivity contribution in [1.82, 2.24) is 0 Å². The Morgan fingerprint density at radius 3 is 2.26 bits per heavy atom. The molecule has 0 unspecified atom stereocenters. The monoisotopic (exact) mass is 538 g/mol. The lowest BCUT2D eigenvalue weighted by Gasteiger charge is -2.29. The second kappa shape index (κ2) is 14.2. The Balaban J connectivity index is 1.29. The molecule has 6 heteroatoms. The lowest BCUT2D eigenvalue weighted by Crippen LogP contribution is -2.21. The van der Waals surface area contributed by atoms with Gasteiger partial charge in [0, 0.05) is 17.2 Å². The van der Waals surface area contributed by atoms with Gasteiger partial charge in [0.25, 0.3) is 0 Å². The molecule has 0 aliphatic heterocycles. The predicted molar refractivity (Wildman–Crippen MR) is 149 cm³/mol. The maximum Gasteiger partial charge on any atom is 0.167 e. The van der Waals surface area contributed by atoms with Gasteiger partial charge >= 0.3 is 0 Å². The van der Waals surface area contributed by atoms with Gasteiger partial charge in [-0.05, 0) is 73.8 Å². The molecule has 1 aliphatic rings. The Labute approximate surface area is 229 Å². The normalized spacial score (nSPS) is 17.1. The molecular weight excluding hydrogens is 501 g/mol. The third-order valence-corrected chi connectivity index (χ3v) is 7.25. The number of rotatable bonds is 13. The Morgan fingerprint density at radius 2 is 1.56 bits per heavy atom. The van der Waals surface area contributed by atoms with Gasteiger partial charge < -0.3 is 14.2 Å². The average Bonchev–Trinajstić information content (AvgIpc) is 2.95. The van der Waals surface area contributed by atoms with E-state index in [0.29, 0.717) is 42.3 Å². The maximum atomic E-state index is 14.9. The molecule has 208 valence electrons. The first-order chi connectivity index (χ1) is 19.0. The average molecular weight is 539 g/mol. The minimum atomic E-state index is -0.887. The molecule has 39 heavy (non-hydrogen) atoms. The van der Waals surface area contributed by atoms with Gasteiger partial charge in [-0.15, -0.1) is 6.58 Å². The van der Waals surface area contributed by atoms with Crippen LogP contribution in [0.15, 0.2) is 67.3 Å². The fourth-order valence-electron chi connectivity index (χ4n) is 4.93. The molecule has 1 aliphatic carbocycles. The smallest absolute Gasteiger partial charge is 0.167 e. The molecule has 0 amide bonds. The molecule has 0 atom stereocenters. The van der Waals surface area contributed by atoms with Crippen molar-refractivity contribution in [3.05, 3.63) is 95.8 Å². The predicted octanol–water partition coefficient (Wildman–Crippen LogP) is 9.15. The molecule has 0 heterocycles. The summed E-state index contributed by atoms with van der Waals surface area (Å²) in [6, 6.07) is 15.2. The number of ether oxygens (including phenoxy) is 3.